The van der Waals surface area contributed by atoms with Gasteiger partial charge in [0.1, 0.15) is 0 Å². The summed E-state index contributed by atoms with van der Waals surface area (Å²) in [7, 11) is 0. The average molecular weight is 204 g/mol. The van der Waals surface area contributed by atoms with Gasteiger partial charge in [0.25, 0.3) is 0 Å². The molecule has 0 aromatic carbocycles. The highest BCUT2D eigenvalue weighted by Crippen LogP contribution is 1.85. The summed E-state index contributed by atoms with van der Waals surface area (Å²) in [5.41, 5.74) is 0.985. The molecule has 0 rings (SSSR count). The lowest BCUT2D eigenvalue weighted by Crippen LogP contribution is -2.00. The maximum atomic E-state index is 9.25. The van der Waals surface area contributed by atoms with E-state index < -0.39 is 5.97 Å². The van der Waals surface area contributed by atoms with E-state index in [4.69, 9.17) is 14.9 Å². The number of ether oxygens (including phenoxy) is 1. The predicted octanol–water partition coefficient (Wildman–Crippen LogP) is 1.46. The monoisotopic (exact) mass is 204 g/mol. The van der Waals surface area contributed by atoms with Gasteiger partial charge in [-0.15, -0.1) is 0 Å². The van der Waals surface area contributed by atoms with Crippen molar-refractivity contribution in [2.45, 2.75) is 14.4 Å². The van der Waals surface area contributed by atoms with Crippen molar-refractivity contribution >= 4 is 5.97 Å². The smallest absolute Gasteiger partial charge is 0.327 e. The van der Waals surface area contributed by atoms with Crippen LogP contribution in [0.1, 0.15) is 14.4 Å². The summed E-state index contributed by atoms with van der Waals surface area (Å²) in [6, 6.07) is 0. The molecule has 0 unspecified atom stereocenters. The molecule has 84 valence electrons. The van der Waals surface area contributed by atoms with Crippen molar-refractivity contribution < 1.29 is 19.7 Å². The van der Waals surface area contributed by atoms with Gasteiger partial charge in [0.15, 0.2) is 0 Å². The molecule has 0 fully saturated rings. The Balaban J connectivity index is -0.000000177. The summed E-state index contributed by atoms with van der Waals surface area (Å²) in [5.74, 6) is -0.981. The molecule has 0 aromatic heterocycles. The van der Waals surface area contributed by atoms with Gasteiger partial charge in [0.2, 0.25) is 0 Å². The van der Waals surface area contributed by atoms with Crippen LogP contribution in [0.25, 0.3) is 0 Å². The van der Waals surface area contributed by atoms with Gasteiger partial charge < -0.3 is 14.9 Å². The Morgan fingerprint density at radius 2 is 2.00 bits per heavy atom. The molecule has 2 N–H and O–H groups in total. The third kappa shape index (κ3) is 30.7. The Morgan fingerprint density at radius 1 is 1.57 bits per heavy atom. The van der Waals surface area contributed by atoms with Crippen LogP contribution in [0.2, 0.25) is 0 Å². The average Bonchev–Trinajstić information content (AvgIpc) is 2.05. The maximum absolute atomic E-state index is 9.25. The first kappa shape index (κ1) is 18.6. The molecule has 0 saturated heterocycles. The lowest BCUT2D eigenvalue weighted by atomic mass is 10.4. The second-order valence-corrected chi connectivity index (χ2v) is 2.28. The molecule has 0 spiro atoms. The molecule has 0 aromatic rings. The van der Waals surface area contributed by atoms with Crippen LogP contribution in [0.5, 0.6) is 0 Å². The summed E-state index contributed by atoms with van der Waals surface area (Å²) in [6.45, 7) is 9.52. The Bertz CT molecular complexity index is 164. The van der Waals surface area contributed by atoms with E-state index in [0.29, 0.717) is 13.2 Å². The zero-order valence-corrected chi connectivity index (χ0v) is 7.82. The number of aliphatic hydroxyl groups is 1. The van der Waals surface area contributed by atoms with E-state index in [1.54, 1.807) is 0 Å². The highest BCUT2D eigenvalue weighted by atomic mass is 16.5. The molecule has 0 amide bonds. The van der Waals surface area contributed by atoms with Gasteiger partial charge in [-0.05, 0) is 6.92 Å². The summed E-state index contributed by atoms with van der Waals surface area (Å²) >= 11 is 0. The number of carbonyl (C=O) groups is 1. The van der Waals surface area contributed by atoms with Crippen LogP contribution in [0.3, 0.4) is 0 Å². The predicted molar refractivity (Wildman–Crippen MR) is 57.3 cm³/mol. The summed E-state index contributed by atoms with van der Waals surface area (Å²) in [4.78, 5) is 9.25. The third-order valence-corrected chi connectivity index (χ3v) is 0.759. The van der Waals surface area contributed by atoms with Gasteiger partial charge in [-0.2, -0.15) is 0 Å². The van der Waals surface area contributed by atoms with Gasteiger partial charge in [0, 0.05) is 6.08 Å². The number of carboxylic acids is 1. The highest BCUT2D eigenvalue weighted by molar-refractivity contribution is 5.78. The maximum Gasteiger partial charge on any atom is 0.327 e. The fraction of sp³-hybridized carbons (Fsp3) is 0.500. The van der Waals surface area contributed by atoms with E-state index in [1.165, 1.54) is 0 Å². The van der Waals surface area contributed by atoms with Gasteiger partial charge in [-0.3, -0.25) is 0 Å². The molecule has 0 heterocycles. The molecular formula is C10H20O4. The van der Waals surface area contributed by atoms with Crippen LogP contribution in [0, 0.1) is 0 Å². The van der Waals surface area contributed by atoms with E-state index in [0.717, 1.165) is 11.6 Å². The Morgan fingerprint density at radius 3 is 2.21 bits per heavy atom. The van der Waals surface area contributed by atoms with E-state index in [-0.39, 0.29) is 14.0 Å². The fourth-order valence-electron chi connectivity index (χ4n) is 0.311. The van der Waals surface area contributed by atoms with Crippen LogP contribution in [0.4, 0.5) is 0 Å². The van der Waals surface area contributed by atoms with E-state index in [2.05, 4.69) is 13.2 Å². The summed E-state index contributed by atoms with van der Waals surface area (Å²) in [6.07, 6.45) is 0.833. The second-order valence-electron chi connectivity index (χ2n) is 2.28. The number of aliphatic carboxylic acids is 1. The Hall–Kier alpha value is -1.13. The van der Waals surface area contributed by atoms with Crippen LogP contribution in [-0.2, 0) is 9.53 Å². The molecule has 0 saturated carbocycles. The molecule has 0 radical (unpaired) electrons. The lowest BCUT2D eigenvalue weighted by Gasteiger charge is -1.98. The minimum Gasteiger partial charge on any atom is -0.478 e. The molecule has 0 aliphatic rings. The second kappa shape index (κ2) is 14.4. The SMILES string of the molecule is C.C=C(C)COCCO.C=CC(=O)O. The van der Waals surface area contributed by atoms with Gasteiger partial charge in [0.05, 0.1) is 19.8 Å². The van der Waals surface area contributed by atoms with E-state index >= 15 is 0 Å². The molecular weight excluding hydrogens is 184 g/mol. The first-order chi connectivity index (χ1) is 6.04. The normalized spacial score (nSPS) is 7.57. The quantitative estimate of drug-likeness (QED) is 0.404. The number of carboxylic acid groups (broad SMARTS) is 1. The van der Waals surface area contributed by atoms with Crippen molar-refractivity contribution in [1.82, 2.24) is 0 Å². The standard InChI is InChI=1S/C6H12O2.C3H4O2.CH4/c1-6(2)5-8-4-3-7;1-2-3(4)5;/h7H,1,3-5H2,2H3;2H,1H2,(H,4,5);1H4. The zero-order chi connectivity index (χ0) is 10.7. The lowest BCUT2D eigenvalue weighted by molar-refractivity contribution is -0.131. The van der Waals surface area contributed by atoms with Crippen molar-refractivity contribution in [3.8, 4) is 0 Å². The summed E-state index contributed by atoms with van der Waals surface area (Å²) < 4.78 is 4.89. The Labute approximate surface area is 85.5 Å². The number of aliphatic hydroxyl groups excluding tert-OH is 1. The summed E-state index contributed by atoms with van der Waals surface area (Å²) in [5, 5.41) is 15.8. The molecule has 14 heavy (non-hydrogen) atoms. The molecule has 4 heteroatoms. The van der Waals surface area contributed by atoms with Crippen LogP contribution < -0.4 is 0 Å². The molecule has 0 aliphatic carbocycles. The van der Waals surface area contributed by atoms with E-state index in [1.807, 2.05) is 6.92 Å². The molecule has 0 atom stereocenters. The minimum absolute atomic E-state index is 0. The first-order valence-corrected chi connectivity index (χ1v) is 3.73. The number of hydrogen-bond acceptors (Lipinski definition) is 3. The van der Waals surface area contributed by atoms with Crippen LogP contribution in [-0.4, -0.2) is 36.0 Å². The van der Waals surface area contributed by atoms with E-state index in [9.17, 15) is 4.79 Å². The van der Waals surface area contributed by atoms with Crippen molar-refractivity contribution in [3.05, 3.63) is 24.8 Å². The highest BCUT2D eigenvalue weighted by Gasteiger charge is 1.83. The van der Waals surface area contributed by atoms with Crippen molar-refractivity contribution in [3.63, 3.8) is 0 Å². The Kier molecular flexibility index (Phi) is 19.1. The molecule has 0 bridgehead atoms. The van der Waals surface area contributed by atoms with Crippen LogP contribution >= 0.6 is 0 Å². The third-order valence-electron chi connectivity index (χ3n) is 0.759. The molecule has 4 nitrogen and oxygen atoms in total. The minimum atomic E-state index is -0.981. The zero-order valence-electron chi connectivity index (χ0n) is 7.82. The fourth-order valence-corrected chi connectivity index (χ4v) is 0.311. The molecule has 0 aliphatic heterocycles. The van der Waals surface area contributed by atoms with Crippen LogP contribution in [0.15, 0.2) is 24.8 Å². The van der Waals surface area contributed by atoms with Gasteiger partial charge in [-0.25, -0.2) is 4.79 Å². The first-order valence-electron chi connectivity index (χ1n) is 3.73. The number of hydrogen-bond donors (Lipinski definition) is 2. The topological polar surface area (TPSA) is 66.8 Å². The van der Waals surface area contributed by atoms with Gasteiger partial charge >= 0.3 is 5.97 Å². The number of rotatable bonds is 5. The van der Waals surface area contributed by atoms with Crippen molar-refractivity contribution in [2.75, 3.05) is 19.8 Å². The van der Waals surface area contributed by atoms with Gasteiger partial charge in [-0.1, -0.05) is 26.2 Å². The van der Waals surface area contributed by atoms with Crippen molar-refractivity contribution in [1.29, 1.82) is 0 Å². The largest absolute Gasteiger partial charge is 0.478 e. The van der Waals surface area contributed by atoms with Crippen molar-refractivity contribution in [2.24, 2.45) is 0 Å².